The molecule has 0 bridgehead atoms. The van der Waals surface area contributed by atoms with Crippen molar-refractivity contribution in [1.29, 1.82) is 0 Å². The van der Waals surface area contributed by atoms with Gasteiger partial charge in [0.05, 0.1) is 0 Å². The third kappa shape index (κ3) is 67.8. The molecule has 0 aromatic heterocycles. The van der Waals surface area contributed by atoms with Crippen molar-refractivity contribution in [3.05, 3.63) is 0 Å². The topological polar surface area (TPSA) is 34.1 Å². The van der Waals surface area contributed by atoms with Crippen LogP contribution in [0, 0.1) is 0 Å². The fourth-order valence-electron chi connectivity index (χ4n) is 0.134. The lowest BCUT2D eigenvalue weighted by Gasteiger charge is -1.77. The van der Waals surface area contributed by atoms with Crippen LogP contribution in [0.3, 0.4) is 0 Å². The largest absolute Gasteiger partial charge is 0.317 e. The van der Waals surface area contributed by atoms with Crippen molar-refractivity contribution in [3.63, 3.8) is 0 Å². The lowest BCUT2D eigenvalue weighted by atomic mass is 10.4. The van der Waals surface area contributed by atoms with E-state index in [1.54, 1.807) is 0 Å². The van der Waals surface area contributed by atoms with Crippen LogP contribution >= 0.6 is 33.0 Å². The van der Waals surface area contributed by atoms with Gasteiger partial charge in [0.1, 0.15) is 0 Å². The van der Waals surface area contributed by atoms with Gasteiger partial charge in [-0.05, 0) is 6.42 Å². The summed E-state index contributed by atoms with van der Waals surface area (Å²) in [5, 5.41) is 0. The Labute approximate surface area is 75.4 Å². The second kappa shape index (κ2) is 7.92. The van der Waals surface area contributed by atoms with Crippen molar-refractivity contribution >= 4 is 41.2 Å². The number of hydrogen-bond acceptors (Lipinski definition) is 2. The van der Waals surface area contributed by atoms with Crippen molar-refractivity contribution in [3.8, 4) is 0 Å². The van der Waals surface area contributed by atoms with Gasteiger partial charge in [-0.2, -0.15) is 8.42 Å². The van der Waals surface area contributed by atoms with E-state index < -0.39 is 8.26 Å². The van der Waals surface area contributed by atoms with Gasteiger partial charge in [0.15, 0.2) is 0 Å². The molecule has 0 saturated carbocycles. The number of rotatable bonds is 2. The van der Waals surface area contributed by atoms with E-state index in [1.165, 1.54) is 6.42 Å². The lowest BCUT2D eigenvalue weighted by molar-refractivity contribution is 0.621. The third-order valence-electron chi connectivity index (χ3n) is 0.487. The average Bonchev–Trinajstić information content (AvgIpc) is 1.63. The molecule has 64 valence electrons. The van der Waals surface area contributed by atoms with E-state index in [2.05, 4.69) is 28.3 Å². The summed E-state index contributed by atoms with van der Waals surface area (Å²) in [4.78, 5) is 0. The summed E-state index contributed by atoms with van der Waals surface area (Å²) in [5.74, 6) is 0.816. The van der Waals surface area contributed by atoms with Gasteiger partial charge in [-0.25, -0.2) is 0 Å². The van der Waals surface area contributed by atoms with Gasteiger partial charge in [-0.3, -0.25) is 0 Å². The standard InChI is InChI=1S/C4H9Cl.Cl2O2S/c1-2-3-4-5;1-5(2,3)4/h2-4H2,1H3;. The highest BCUT2D eigenvalue weighted by molar-refractivity contribution is 8.31. The minimum absolute atomic E-state index is 0.816. The molecule has 0 heterocycles. The molecule has 0 fully saturated rings. The maximum atomic E-state index is 9.16. The summed E-state index contributed by atoms with van der Waals surface area (Å²) in [7, 11) is 4.81. The Morgan fingerprint density at radius 1 is 1.30 bits per heavy atom. The van der Waals surface area contributed by atoms with Crippen LogP contribution in [0.15, 0.2) is 0 Å². The molecule has 0 rings (SSSR count). The maximum absolute atomic E-state index is 9.16. The first-order valence-corrected chi connectivity index (χ1v) is 6.29. The molecule has 0 spiro atoms. The first-order valence-electron chi connectivity index (χ1n) is 2.62. The Hall–Kier alpha value is 0.820. The van der Waals surface area contributed by atoms with E-state index in [0.717, 1.165) is 12.3 Å². The van der Waals surface area contributed by atoms with E-state index >= 15 is 0 Å². The SMILES string of the molecule is CCCCCl.O=S(=O)(Cl)Cl. The molecule has 6 heteroatoms. The highest BCUT2D eigenvalue weighted by Gasteiger charge is 1.88. The number of hydrogen-bond donors (Lipinski definition) is 0. The molecule has 0 aliphatic heterocycles. The van der Waals surface area contributed by atoms with Crippen LogP contribution in [0.1, 0.15) is 19.8 Å². The molecule has 0 atom stereocenters. The smallest absolute Gasteiger partial charge is 0.195 e. The van der Waals surface area contributed by atoms with Crippen molar-refractivity contribution < 1.29 is 8.42 Å². The molecular formula is C4H9Cl3O2S. The average molecular weight is 228 g/mol. The zero-order valence-corrected chi connectivity index (χ0v) is 8.56. The first kappa shape index (κ1) is 13.4. The predicted molar refractivity (Wildman–Crippen MR) is 46.3 cm³/mol. The summed E-state index contributed by atoms with van der Waals surface area (Å²) >= 11 is 5.30. The fraction of sp³-hybridized carbons (Fsp3) is 1.00. The zero-order valence-electron chi connectivity index (χ0n) is 5.48. The summed E-state index contributed by atoms with van der Waals surface area (Å²) in [6, 6.07) is 0. The molecule has 0 amide bonds. The minimum atomic E-state index is -3.72. The molecule has 0 N–H and O–H groups in total. The van der Waals surface area contributed by atoms with Crippen LogP contribution < -0.4 is 0 Å². The Balaban J connectivity index is 0. The van der Waals surface area contributed by atoms with Crippen molar-refractivity contribution in [2.75, 3.05) is 5.88 Å². The van der Waals surface area contributed by atoms with E-state index in [4.69, 9.17) is 20.0 Å². The predicted octanol–water partition coefficient (Wildman–Crippen LogP) is 2.73. The molecule has 0 saturated heterocycles. The zero-order chi connectivity index (χ0) is 8.62. The Kier molecular flexibility index (Phi) is 10.6. The number of alkyl halides is 1. The van der Waals surface area contributed by atoms with Gasteiger partial charge in [0, 0.05) is 27.2 Å². The molecule has 10 heavy (non-hydrogen) atoms. The van der Waals surface area contributed by atoms with Crippen LogP contribution in [0.2, 0.25) is 0 Å². The van der Waals surface area contributed by atoms with E-state index in [1.807, 2.05) is 0 Å². The Bertz CT molecular complexity index is 133. The van der Waals surface area contributed by atoms with Gasteiger partial charge in [-0.1, -0.05) is 13.3 Å². The number of unbranched alkanes of at least 4 members (excludes halogenated alkanes) is 1. The van der Waals surface area contributed by atoms with Gasteiger partial charge in [0.2, 0.25) is 0 Å². The quantitative estimate of drug-likeness (QED) is 0.537. The van der Waals surface area contributed by atoms with Gasteiger partial charge >= 0.3 is 8.26 Å². The fourth-order valence-corrected chi connectivity index (χ4v) is 0.401. The maximum Gasteiger partial charge on any atom is 0.317 e. The normalized spacial score (nSPS) is 10.0. The monoisotopic (exact) mass is 226 g/mol. The lowest BCUT2D eigenvalue weighted by Crippen LogP contribution is -1.65. The summed E-state index contributed by atoms with van der Waals surface area (Å²) in [6.45, 7) is 2.13. The van der Waals surface area contributed by atoms with Crippen molar-refractivity contribution in [1.82, 2.24) is 0 Å². The van der Waals surface area contributed by atoms with Crippen LogP contribution in [-0.4, -0.2) is 14.3 Å². The Morgan fingerprint density at radius 3 is 1.60 bits per heavy atom. The number of halogens is 3. The van der Waals surface area contributed by atoms with E-state index in [0.29, 0.717) is 0 Å². The second-order valence-corrected chi connectivity index (χ2v) is 5.47. The van der Waals surface area contributed by atoms with Crippen molar-refractivity contribution in [2.45, 2.75) is 19.8 Å². The molecular weight excluding hydrogens is 218 g/mol. The summed E-state index contributed by atoms with van der Waals surface area (Å²) in [6.07, 6.45) is 2.37. The highest BCUT2D eigenvalue weighted by Crippen LogP contribution is 1.98. The van der Waals surface area contributed by atoms with Gasteiger partial charge < -0.3 is 0 Å². The Morgan fingerprint density at radius 2 is 1.60 bits per heavy atom. The third-order valence-corrected chi connectivity index (χ3v) is 0.754. The van der Waals surface area contributed by atoms with Gasteiger partial charge in [-0.15, -0.1) is 11.6 Å². The molecule has 2 nitrogen and oxygen atoms in total. The molecule has 0 aromatic carbocycles. The molecule has 0 unspecified atom stereocenters. The second-order valence-electron chi connectivity index (χ2n) is 1.42. The molecule has 0 radical (unpaired) electrons. The molecule has 0 aliphatic rings. The van der Waals surface area contributed by atoms with Crippen LogP contribution in [0.5, 0.6) is 0 Å². The minimum Gasteiger partial charge on any atom is -0.195 e. The van der Waals surface area contributed by atoms with Gasteiger partial charge in [0.25, 0.3) is 0 Å². The summed E-state index contributed by atoms with van der Waals surface area (Å²) < 4.78 is 18.3. The van der Waals surface area contributed by atoms with Crippen molar-refractivity contribution in [2.24, 2.45) is 0 Å². The molecule has 0 aromatic rings. The van der Waals surface area contributed by atoms with Crippen LogP contribution in [0.4, 0.5) is 0 Å². The van der Waals surface area contributed by atoms with E-state index in [9.17, 15) is 0 Å². The molecule has 0 aliphatic carbocycles. The van der Waals surface area contributed by atoms with Crippen LogP contribution in [0.25, 0.3) is 0 Å². The van der Waals surface area contributed by atoms with E-state index in [-0.39, 0.29) is 0 Å². The first-order chi connectivity index (χ1) is 4.41. The highest BCUT2D eigenvalue weighted by atomic mass is 36.0. The summed E-state index contributed by atoms with van der Waals surface area (Å²) in [5.41, 5.74) is 0. The van der Waals surface area contributed by atoms with Crippen LogP contribution in [-0.2, 0) is 8.26 Å².